The molecule has 1 saturated heterocycles. The fourth-order valence-corrected chi connectivity index (χ4v) is 42.9. The minimum atomic E-state index is -5.03. The van der Waals surface area contributed by atoms with Crippen molar-refractivity contribution >= 4 is 20.2 Å². The summed E-state index contributed by atoms with van der Waals surface area (Å²) in [6.07, 6.45) is -16.1. The van der Waals surface area contributed by atoms with Gasteiger partial charge in [0.25, 0.3) is 0 Å². The molecule has 1 fully saturated rings. The van der Waals surface area contributed by atoms with Crippen molar-refractivity contribution in [3.05, 3.63) is 128 Å². The van der Waals surface area contributed by atoms with Crippen LogP contribution in [0, 0.1) is 0 Å². The first-order valence-electron chi connectivity index (χ1n) is 18.0. The second-order valence-electron chi connectivity index (χ2n) is 16.3. The quantitative estimate of drug-likeness (QED) is 0.141. The maximum absolute atomic E-state index is 14.0. The zero-order valence-electron chi connectivity index (χ0n) is 30.9. The molecule has 0 radical (unpaired) electrons. The molecule has 14 heteroatoms. The van der Waals surface area contributed by atoms with Gasteiger partial charge in [-0.15, -0.1) is 0 Å². The van der Waals surface area contributed by atoms with Gasteiger partial charge in [-0.05, 0) is 0 Å². The molecule has 1 heterocycles. The number of rotatable bonds is 4. The van der Waals surface area contributed by atoms with Crippen molar-refractivity contribution in [1.29, 1.82) is 0 Å². The van der Waals surface area contributed by atoms with Crippen molar-refractivity contribution < 1.29 is 72.7 Å². The number of hydrogen-bond donors (Lipinski definition) is 0. The van der Waals surface area contributed by atoms with E-state index in [0.717, 1.165) is 45.8 Å². The summed E-state index contributed by atoms with van der Waals surface area (Å²) in [4.78, 5) is 0. The third kappa shape index (κ3) is 6.30. The Morgan fingerprint density at radius 3 is 1.05 bits per heavy atom. The summed E-state index contributed by atoms with van der Waals surface area (Å²) in [6.45, 7) is 8.37. The van der Waals surface area contributed by atoms with E-state index in [1.54, 1.807) is 24.3 Å². The van der Waals surface area contributed by atoms with Crippen LogP contribution in [0.25, 0.3) is 34.4 Å². The summed E-state index contributed by atoms with van der Waals surface area (Å²) in [7, 11) is -2.94. The molecule has 0 aromatic heterocycles. The van der Waals surface area contributed by atoms with E-state index in [1.165, 1.54) is 0 Å². The monoisotopic (exact) mass is 976 g/mol. The Hall–Kier alpha value is -3.39. The average molecular weight is 975 g/mol. The van der Waals surface area contributed by atoms with Gasteiger partial charge in [0.2, 0.25) is 0 Å². The van der Waals surface area contributed by atoms with Gasteiger partial charge >= 0.3 is 323 Å². The first-order valence-corrected chi connectivity index (χ1v) is 31.5. The van der Waals surface area contributed by atoms with Crippen LogP contribution in [0.2, 0.25) is 20.4 Å². The minimum absolute atomic E-state index is 0.0146. The van der Waals surface area contributed by atoms with E-state index < -0.39 is 75.0 Å². The van der Waals surface area contributed by atoms with Gasteiger partial charge in [-0.2, -0.15) is 0 Å². The molecule has 0 N–H and O–H groups in total. The fraction of sp³-hybridized carbons (Fsp3) is 0.333. The van der Waals surface area contributed by atoms with Gasteiger partial charge in [0.05, 0.1) is 0 Å². The van der Waals surface area contributed by atoms with Gasteiger partial charge < -0.3 is 0 Å². The molecule has 2 atom stereocenters. The zero-order chi connectivity index (χ0) is 41.3. The summed E-state index contributed by atoms with van der Waals surface area (Å²) < 4.78 is 172. The van der Waals surface area contributed by atoms with Crippen LogP contribution in [-0.4, -0.2) is 8.07 Å². The summed E-state index contributed by atoms with van der Waals surface area (Å²) in [5.41, 5.74) is -2.66. The second-order valence-corrected chi connectivity index (χ2v) is 38.7. The molecule has 296 valence electrons. The van der Waals surface area contributed by atoms with Gasteiger partial charge in [0.15, 0.2) is 0 Å². The van der Waals surface area contributed by atoms with E-state index >= 15 is 0 Å². The van der Waals surface area contributed by atoms with Gasteiger partial charge in [0.1, 0.15) is 0 Å². The van der Waals surface area contributed by atoms with Crippen molar-refractivity contribution in [3.63, 3.8) is 0 Å². The summed E-state index contributed by atoms with van der Waals surface area (Å²) in [6, 6.07) is 13.5. The predicted molar refractivity (Wildman–Crippen MR) is 193 cm³/mol. The SMILES string of the molecule is CC(C)[Si]1(C(C)C)C2=Cc3c(-c4cc(C(F)(F)F)cc(C(F)(F)F)c4)cccc3[CH]2[Hf]([CH3])([CH3])[CH]2C1=Cc1c(-c3cc(C(F)(F)F)cc(C(F)(F)F)c3)cccc12. The van der Waals surface area contributed by atoms with Crippen LogP contribution in [0.1, 0.15) is 79.6 Å². The number of fused-ring (bicyclic) bond motifs is 6. The van der Waals surface area contributed by atoms with E-state index in [2.05, 4.69) is 37.1 Å². The van der Waals surface area contributed by atoms with E-state index in [1.807, 2.05) is 24.3 Å². The van der Waals surface area contributed by atoms with Gasteiger partial charge in [-0.3, -0.25) is 0 Å². The van der Waals surface area contributed by atoms with Crippen molar-refractivity contribution in [2.75, 3.05) is 0 Å². The molecular weight excluding hydrogens is 939 g/mol. The van der Waals surface area contributed by atoms with Crippen LogP contribution in [0.3, 0.4) is 0 Å². The third-order valence-corrected chi connectivity index (χ3v) is 35.8. The molecule has 0 amide bonds. The number of benzene rings is 4. The Balaban J connectivity index is 1.49. The van der Waals surface area contributed by atoms with Crippen LogP contribution in [0.5, 0.6) is 0 Å². The summed E-state index contributed by atoms with van der Waals surface area (Å²) in [5, 5.41) is 2.27. The predicted octanol–water partition coefficient (Wildman–Crippen LogP) is 15.3. The van der Waals surface area contributed by atoms with Crippen molar-refractivity contribution in [2.45, 2.75) is 80.2 Å². The molecule has 0 bridgehead atoms. The topological polar surface area (TPSA) is 0 Å². The second kappa shape index (κ2) is 13.1. The standard InChI is InChI=1S/C40H30F12Si.2CH3.Hf/c1-21(2)53(22(3)4,31-15-23-7-5-9-33(35(23)19-31)25-11-27(37(41,42)43)17-28(12-25)38(44,45)46)32-16-24-8-6-10-34(36(24)20-32)26-13-29(39(47,48)49)18-30(14-26)40(50,51)52;;;/h5-22H,1-4H3;2*1H3;. The first kappa shape index (κ1) is 40.8. The Labute approximate surface area is 321 Å². The molecule has 4 aromatic rings. The van der Waals surface area contributed by atoms with Crippen LogP contribution in [0.4, 0.5) is 52.7 Å². The Morgan fingerprint density at radius 1 is 0.482 bits per heavy atom. The van der Waals surface area contributed by atoms with E-state index in [-0.39, 0.29) is 52.8 Å². The molecular formula is C42H36F12HfSi. The van der Waals surface area contributed by atoms with Crippen molar-refractivity contribution in [3.8, 4) is 22.3 Å². The number of alkyl halides is 12. The summed E-state index contributed by atoms with van der Waals surface area (Å²) in [5.74, 6) is 0. The van der Waals surface area contributed by atoms with E-state index in [0.29, 0.717) is 11.1 Å². The average Bonchev–Trinajstić information content (AvgIpc) is 3.67. The molecule has 3 aliphatic rings. The van der Waals surface area contributed by atoms with Gasteiger partial charge in [-0.25, -0.2) is 0 Å². The number of hydrogen-bond acceptors (Lipinski definition) is 0. The Bertz CT molecular complexity index is 2090. The molecule has 0 spiro atoms. The zero-order valence-corrected chi connectivity index (χ0v) is 35.5. The molecule has 4 aromatic carbocycles. The van der Waals surface area contributed by atoms with Crippen LogP contribution >= 0.6 is 0 Å². The molecule has 7 rings (SSSR count). The third-order valence-electron chi connectivity index (χ3n) is 12.2. The van der Waals surface area contributed by atoms with E-state index in [4.69, 9.17) is 0 Å². The van der Waals surface area contributed by atoms with Crippen LogP contribution < -0.4 is 0 Å². The Morgan fingerprint density at radius 2 is 0.786 bits per heavy atom. The number of allylic oxidation sites excluding steroid dienone is 2. The van der Waals surface area contributed by atoms with Crippen molar-refractivity contribution in [1.82, 2.24) is 0 Å². The molecule has 2 aliphatic carbocycles. The fourth-order valence-electron chi connectivity index (χ4n) is 10.2. The number of halogens is 12. The normalized spacial score (nSPS) is 20.1. The molecule has 0 nitrogen and oxygen atoms in total. The van der Waals surface area contributed by atoms with E-state index in [9.17, 15) is 52.7 Å². The Kier molecular flexibility index (Phi) is 9.51. The van der Waals surface area contributed by atoms with Crippen LogP contribution in [0.15, 0.2) is 83.2 Å². The molecule has 1 aliphatic heterocycles. The van der Waals surface area contributed by atoms with Crippen LogP contribution in [-0.2, 0) is 44.7 Å². The summed E-state index contributed by atoms with van der Waals surface area (Å²) >= 11 is -3.99. The molecule has 0 saturated carbocycles. The van der Waals surface area contributed by atoms with Gasteiger partial charge in [0, 0.05) is 0 Å². The first-order chi connectivity index (χ1) is 25.7. The molecule has 56 heavy (non-hydrogen) atoms. The maximum atomic E-state index is 14.0. The molecule has 2 unspecified atom stereocenters. The van der Waals surface area contributed by atoms with Crippen molar-refractivity contribution in [2.24, 2.45) is 0 Å². The van der Waals surface area contributed by atoms with Gasteiger partial charge in [-0.1, -0.05) is 0 Å².